The molecule has 0 aliphatic rings. The molecule has 0 spiro atoms. The molecule has 0 radical (unpaired) electrons. The van der Waals surface area contributed by atoms with Crippen LogP contribution in [0.15, 0.2) is 40.5 Å². The van der Waals surface area contributed by atoms with Gasteiger partial charge in [-0.3, -0.25) is 9.89 Å². The van der Waals surface area contributed by atoms with Crippen molar-refractivity contribution in [2.45, 2.75) is 10.8 Å². The SMILES string of the molecule is O=C(O)c1ccc(SCc2cc(=O)n3[nH]cnc3n2)nc1. The van der Waals surface area contributed by atoms with E-state index >= 15 is 0 Å². The number of fused-ring (bicyclic) bond motifs is 1. The number of hydrogen-bond acceptors (Lipinski definition) is 6. The van der Waals surface area contributed by atoms with Gasteiger partial charge in [0, 0.05) is 18.0 Å². The lowest BCUT2D eigenvalue weighted by molar-refractivity contribution is 0.0696. The molecule has 0 aliphatic heterocycles. The summed E-state index contributed by atoms with van der Waals surface area (Å²) in [6.45, 7) is 0. The summed E-state index contributed by atoms with van der Waals surface area (Å²) in [4.78, 5) is 34.7. The van der Waals surface area contributed by atoms with Crippen LogP contribution in [0.4, 0.5) is 0 Å². The molecule has 106 valence electrons. The van der Waals surface area contributed by atoms with Crippen LogP contribution in [0.1, 0.15) is 16.1 Å². The Bertz CT molecular complexity index is 855. The van der Waals surface area contributed by atoms with Gasteiger partial charge in [-0.05, 0) is 12.1 Å². The fourth-order valence-corrected chi connectivity index (χ4v) is 2.42. The minimum absolute atomic E-state index is 0.133. The Morgan fingerprint density at radius 3 is 2.95 bits per heavy atom. The number of aromatic amines is 1. The summed E-state index contributed by atoms with van der Waals surface area (Å²) < 4.78 is 1.24. The molecule has 9 heteroatoms. The number of carboxylic acid groups (broad SMARTS) is 1. The third kappa shape index (κ3) is 2.77. The molecule has 0 aromatic carbocycles. The second-order valence-electron chi connectivity index (χ2n) is 4.09. The smallest absolute Gasteiger partial charge is 0.337 e. The van der Waals surface area contributed by atoms with Crippen molar-refractivity contribution in [2.24, 2.45) is 0 Å². The lowest BCUT2D eigenvalue weighted by Crippen LogP contribution is -2.15. The van der Waals surface area contributed by atoms with Gasteiger partial charge in [0.25, 0.3) is 11.3 Å². The van der Waals surface area contributed by atoms with Gasteiger partial charge in [0.05, 0.1) is 16.3 Å². The number of nitrogens with zero attached hydrogens (tertiary/aromatic N) is 4. The number of nitrogens with one attached hydrogen (secondary N) is 1. The number of H-pyrrole nitrogens is 1. The first-order valence-corrected chi connectivity index (χ1v) is 6.86. The molecule has 0 saturated carbocycles. The molecule has 21 heavy (non-hydrogen) atoms. The zero-order valence-corrected chi connectivity index (χ0v) is 11.4. The molecule has 0 amide bonds. The third-order valence-electron chi connectivity index (χ3n) is 2.67. The highest BCUT2D eigenvalue weighted by Gasteiger charge is 2.06. The van der Waals surface area contributed by atoms with Crippen LogP contribution in [0.2, 0.25) is 0 Å². The van der Waals surface area contributed by atoms with Crippen LogP contribution in [-0.4, -0.2) is 35.6 Å². The molecule has 3 heterocycles. The number of carbonyl (C=O) groups is 1. The van der Waals surface area contributed by atoms with Crippen molar-refractivity contribution in [2.75, 3.05) is 0 Å². The Balaban J connectivity index is 1.76. The highest BCUT2D eigenvalue weighted by Crippen LogP contribution is 2.19. The van der Waals surface area contributed by atoms with Gasteiger partial charge in [0.15, 0.2) is 0 Å². The van der Waals surface area contributed by atoms with Crippen molar-refractivity contribution in [3.8, 4) is 0 Å². The van der Waals surface area contributed by atoms with Crippen LogP contribution in [0.25, 0.3) is 5.78 Å². The molecule has 0 bridgehead atoms. The average Bonchev–Trinajstić information content (AvgIpc) is 2.94. The maximum Gasteiger partial charge on any atom is 0.337 e. The van der Waals surface area contributed by atoms with E-state index in [2.05, 4.69) is 20.1 Å². The topological polar surface area (TPSA) is 113 Å². The van der Waals surface area contributed by atoms with Crippen LogP contribution >= 0.6 is 11.8 Å². The second-order valence-corrected chi connectivity index (χ2v) is 5.08. The number of pyridine rings is 1. The highest BCUT2D eigenvalue weighted by atomic mass is 32.2. The maximum absolute atomic E-state index is 11.8. The Labute approximate surface area is 121 Å². The first-order valence-electron chi connectivity index (χ1n) is 5.88. The van der Waals surface area contributed by atoms with E-state index in [1.807, 2.05) is 0 Å². The van der Waals surface area contributed by atoms with Gasteiger partial charge >= 0.3 is 5.97 Å². The van der Waals surface area contributed by atoms with Crippen molar-refractivity contribution in [1.29, 1.82) is 0 Å². The zero-order chi connectivity index (χ0) is 14.8. The van der Waals surface area contributed by atoms with E-state index in [1.54, 1.807) is 6.07 Å². The first-order chi connectivity index (χ1) is 10.1. The summed E-state index contributed by atoms with van der Waals surface area (Å²) in [7, 11) is 0. The summed E-state index contributed by atoms with van der Waals surface area (Å²) in [6.07, 6.45) is 2.69. The molecule has 3 rings (SSSR count). The van der Waals surface area contributed by atoms with Gasteiger partial charge in [-0.25, -0.2) is 19.7 Å². The average molecular weight is 303 g/mol. The van der Waals surface area contributed by atoms with Gasteiger partial charge in [-0.1, -0.05) is 0 Å². The third-order valence-corrected chi connectivity index (χ3v) is 3.65. The molecular weight excluding hydrogens is 294 g/mol. The Kier molecular flexibility index (Phi) is 3.40. The maximum atomic E-state index is 11.8. The van der Waals surface area contributed by atoms with Crippen LogP contribution in [0.3, 0.4) is 0 Å². The number of rotatable bonds is 4. The molecule has 0 fully saturated rings. The molecule has 3 aromatic heterocycles. The molecular formula is C12H9N5O3S. The van der Waals surface area contributed by atoms with Crippen LogP contribution in [0, 0.1) is 0 Å². The predicted octanol–water partition coefficient (Wildman–Crippen LogP) is 0.803. The van der Waals surface area contributed by atoms with Gasteiger partial charge < -0.3 is 5.11 Å². The minimum atomic E-state index is -1.02. The summed E-state index contributed by atoms with van der Waals surface area (Å²) in [5.74, 6) is -0.261. The largest absolute Gasteiger partial charge is 0.478 e. The molecule has 0 atom stereocenters. The van der Waals surface area contributed by atoms with E-state index in [0.717, 1.165) is 0 Å². The van der Waals surface area contributed by atoms with Gasteiger partial charge in [-0.2, -0.15) is 4.52 Å². The van der Waals surface area contributed by atoms with Crippen molar-refractivity contribution in [3.05, 3.63) is 52.3 Å². The molecule has 2 N–H and O–H groups in total. The van der Waals surface area contributed by atoms with E-state index in [9.17, 15) is 9.59 Å². The van der Waals surface area contributed by atoms with Crippen LogP contribution < -0.4 is 5.56 Å². The van der Waals surface area contributed by atoms with E-state index in [-0.39, 0.29) is 11.1 Å². The lowest BCUT2D eigenvalue weighted by Gasteiger charge is -2.01. The molecule has 0 aliphatic carbocycles. The fourth-order valence-electron chi connectivity index (χ4n) is 1.68. The Morgan fingerprint density at radius 1 is 1.38 bits per heavy atom. The quantitative estimate of drug-likeness (QED) is 0.685. The molecule has 0 unspecified atom stereocenters. The highest BCUT2D eigenvalue weighted by molar-refractivity contribution is 7.98. The van der Waals surface area contributed by atoms with Crippen molar-refractivity contribution >= 4 is 23.5 Å². The molecule has 8 nitrogen and oxygen atoms in total. The van der Waals surface area contributed by atoms with Crippen LogP contribution in [0.5, 0.6) is 0 Å². The number of aromatic nitrogens is 5. The first kappa shape index (κ1) is 13.3. The lowest BCUT2D eigenvalue weighted by atomic mass is 10.3. The Morgan fingerprint density at radius 2 is 2.24 bits per heavy atom. The molecule has 0 saturated heterocycles. The number of hydrogen-bond donors (Lipinski definition) is 2. The standard InChI is InChI=1S/C12H9N5O3S/c18-10-3-8(16-12-14-6-15-17(10)12)5-21-9-2-1-7(4-13-9)11(19)20/h1-4,6H,5H2,(H,19,20)(H,14,15,16). The zero-order valence-electron chi connectivity index (χ0n) is 10.6. The second kappa shape index (κ2) is 5.37. The van der Waals surface area contributed by atoms with E-state index in [0.29, 0.717) is 22.3 Å². The summed E-state index contributed by atoms with van der Waals surface area (Å²) in [5, 5.41) is 12.1. The number of carboxylic acids is 1. The Hall–Kier alpha value is -2.68. The number of thioether (sulfide) groups is 1. The fraction of sp³-hybridized carbons (Fsp3) is 0.0833. The number of aromatic carboxylic acids is 1. The van der Waals surface area contributed by atoms with Gasteiger partial charge in [0.2, 0.25) is 0 Å². The van der Waals surface area contributed by atoms with E-state index in [4.69, 9.17) is 5.11 Å². The predicted molar refractivity (Wildman–Crippen MR) is 74.4 cm³/mol. The summed E-state index contributed by atoms with van der Waals surface area (Å²) >= 11 is 1.36. The summed E-state index contributed by atoms with van der Waals surface area (Å²) in [6, 6.07) is 4.52. The van der Waals surface area contributed by atoms with Crippen molar-refractivity contribution in [1.82, 2.24) is 24.6 Å². The monoisotopic (exact) mass is 303 g/mol. The van der Waals surface area contributed by atoms with Crippen LogP contribution in [-0.2, 0) is 5.75 Å². The molecule has 3 aromatic rings. The van der Waals surface area contributed by atoms with Gasteiger partial charge in [-0.15, -0.1) is 11.8 Å². The van der Waals surface area contributed by atoms with Gasteiger partial charge in [0.1, 0.15) is 6.33 Å². The van der Waals surface area contributed by atoms with E-state index < -0.39 is 5.97 Å². The minimum Gasteiger partial charge on any atom is -0.478 e. The summed E-state index contributed by atoms with van der Waals surface area (Å²) in [5.41, 5.74) is 0.483. The van der Waals surface area contributed by atoms with Crippen molar-refractivity contribution in [3.63, 3.8) is 0 Å². The normalized spacial score (nSPS) is 10.9. The van der Waals surface area contributed by atoms with E-state index in [1.165, 1.54) is 40.9 Å². The van der Waals surface area contributed by atoms with Crippen molar-refractivity contribution < 1.29 is 9.90 Å².